The first-order valence-corrected chi connectivity index (χ1v) is 10.8. The molecule has 0 atom stereocenters. The lowest BCUT2D eigenvalue weighted by Gasteiger charge is -2.34. The standard InChI is InChI=1S/C20H22N6O2S/c27-18-17-13-3-1-2-4-15(13)29-19(17)24-16(23-18)12-25-7-9-26(10-8-25)20(28)14-11-21-5-6-22-14/h5-6,11H,1-4,7-10,12H2,(H,23,24,27). The van der Waals surface area contributed by atoms with E-state index in [4.69, 9.17) is 4.98 Å². The number of nitrogens with one attached hydrogen (secondary N) is 1. The van der Waals surface area contributed by atoms with Gasteiger partial charge in [-0.2, -0.15) is 0 Å². The Kier molecular flexibility index (Phi) is 4.84. The lowest BCUT2D eigenvalue weighted by Crippen LogP contribution is -2.48. The Labute approximate surface area is 171 Å². The second-order valence-corrected chi connectivity index (χ2v) is 8.65. The van der Waals surface area contributed by atoms with Crippen LogP contribution in [-0.4, -0.2) is 61.8 Å². The van der Waals surface area contributed by atoms with E-state index in [1.807, 2.05) is 0 Å². The predicted molar refractivity (Wildman–Crippen MR) is 110 cm³/mol. The van der Waals surface area contributed by atoms with Crippen molar-refractivity contribution in [3.63, 3.8) is 0 Å². The molecule has 150 valence electrons. The summed E-state index contributed by atoms with van der Waals surface area (Å²) in [6, 6.07) is 0. The van der Waals surface area contributed by atoms with E-state index in [-0.39, 0.29) is 11.5 Å². The third kappa shape index (κ3) is 3.56. The Bertz CT molecular complexity index is 1100. The van der Waals surface area contributed by atoms with E-state index in [1.54, 1.807) is 22.4 Å². The first kappa shape index (κ1) is 18.4. The molecule has 0 aromatic carbocycles. The summed E-state index contributed by atoms with van der Waals surface area (Å²) < 4.78 is 0. The van der Waals surface area contributed by atoms with Crippen LogP contribution in [0.1, 0.15) is 39.6 Å². The largest absolute Gasteiger partial charge is 0.335 e. The van der Waals surface area contributed by atoms with Crippen LogP contribution in [0.2, 0.25) is 0 Å². The van der Waals surface area contributed by atoms with Crippen molar-refractivity contribution in [2.24, 2.45) is 0 Å². The van der Waals surface area contributed by atoms with Crippen molar-refractivity contribution in [1.82, 2.24) is 29.7 Å². The summed E-state index contributed by atoms with van der Waals surface area (Å²) in [7, 11) is 0. The second-order valence-electron chi connectivity index (χ2n) is 7.56. The highest BCUT2D eigenvalue weighted by molar-refractivity contribution is 7.18. The molecular weight excluding hydrogens is 388 g/mol. The number of carbonyl (C=O) groups excluding carboxylic acids is 1. The third-order valence-corrected chi connectivity index (χ3v) is 6.87. The summed E-state index contributed by atoms with van der Waals surface area (Å²) in [6.45, 7) is 3.29. The van der Waals surface area contributed by atoms with Gasteiger partial charge >= 0.3 is 0 Å². The zero-order valence-corrected chi connectivity index (χ0v) is 16.9. The average Bonchev–Trinajstić information content (AvgIpc) is 3.13. The van der Waals surface area contributed by atoms with Crippen molar-refractivity contribution in [3.8, 4) is 0 Å². The number of nitrogens with zero attached hydrogens (tertiary/aromatic N) is 5. The van der Waals surface area contributed by atoms with Crippen LogP contribution in [0.25, 0.3) is 10.2 Å². The van der Waals surface area contributed by atoms with Crippen LogP contribution in [0.5, 0.6) is 0 Å². The number of rotatable bonds is 3. The zero-order valence-electron chi connectivity index (χ0n) is 16.1. The van der Waals surface area contributed by atoms with Crippen molar-refractivity contribution in [1.29, 1.82) is 0 Å². The SMILES string of the molecule is O=C(c1cnccn1)N1CCN(Cc2nc3sc4c(c3c(=O)[nH]2)CCCC4)CC1. The Hall–Kier alpha value is -2.65. The molecule has 2 aliphatic rings. The number of aromatic amines is 1. The smallest absolute Gasteiger partial charge is 0.274 e. The molecule has 0 unspecified atom stereocenters. The van der Waals surface area contributed by atoms with Crippen LogP contribution >= 0.6 is 11.3 Å². The molecule has 1 amide bonds. The van der Waals surface area contributed by atoms with E-state index in [1.165, 1.54) is 29.3 Å². The van der Waals surface area contributed by atoms with Crippen LogP contribution < -0.4 is 5.56 Å². The van der Waals surface area contributed by atoms with E-state index in [0.29, 0.717) is 31.2 Å². The van der Waals surface area contributed by atoms with Gasteiger partial charge in [-0.05, 0) is 31.2 Å². The summed E-state index contributed by atoms with van der Waals surface area (Å²) in [6.07, 6.45) is 8.99. The number of carbonyl (C=O) groups is 1. The molecule has 0 bridgehead atoms. The highest BCUT2D eigenvalue weighted by Crippen LogP contribution is 2.33. The number of hydrogen-bond acceptors (Lipinski definition) is 7. The van der Waals surface area contributed by atoms with Gasteiger partial charge in [0.15, 0.2) is 0 Å². The predicted octanol–water partition coefficient (Wildman–Crippen LogP) is 1.61. The normalized spacial score (nSPS) is 17.4. The summed E-state index contributed by atoms with van der Waals surface area (Å²) in [4.78, 5) is 47.2. The number of hydrogen-bond donors (Lipinski definition) is 1. The minimum atomic E-state index is -0.0881. The second kappa shape index (κ2) is 7.64. The minimum absolute atomic E-state index is 0.0131. The van der Waals surface area contributed by atoms with E-state index in [0.717, 1.165) is 42.6 Å². The summed E-state index contributed by atoms with van der Waals surface area (Å²) in [5, 5.41) is 0.799. The highest BCUT2D eigenvalue weighted by atomic mass is 32.1. The molecule has 4 heterocycles. The van der Waals surface area contributed by atoms with Gasteiger partial charge in [-0.25, -0.2) is 9.97 Å². The van der Waals surface area contributed by atoms with E-state index >= 15 is 0 Å². The van der Waals surface area contributed by atoms with Gasteiger partial charge in [0.2, 0.25) is 0 Å². The van der Waals surface area contributed by atoms with E-state index < -0.39 is 0 Å². The van der Waals surface area contributed by atoms with Crippen molar-refractivity contribution in [2.45, 2.75) is 32.2 Å². The zero-order chi connectivity index (χ0) is 19.8. The first-order valence-electron chi connectivity index (χ1n) is 10.00. The maximum atomic E-state index is 12.7. The van der Waals surface area contributed by atoms with Crippen LogP contribution in [0, 0.1) is 0 Å². The van der Waals surface area contributed by atoms with Crippen LogP contribution in [0.4, 0.5) is 0 Å². The molecule has 1 N–H and O–H groups in total. The molecule has 3 aromatic heterocycles. The monoisotopic (exact) mass is 410 g/mol. The Morgan fingerprint density at radius 3 is 2.76 bits per heavy atom. The highest BCUT2D eigenvalue weighted by Gasteiger charge is 2.24. The number of aryl methyl sites for hydroxylation is 2. The van der Waals surface area contributed by atoms with E-state index in [9.17, 15) is 9.59 Å². The maximum absolute atomic E-state index is 12.7. The molecule has 1 saturated heterocycles. The van der Waals surface area contributed by atoms with Crippen LogP contribution in [0.15, 0.2) is 23.4 Å². The number of thiophene rings is 1. The van der Waals surface area contributed by atoms with Gasteiger partial charge in [0.1, 0.15) is 16.3 Å². The molecule has 0 radical (unpaired) electrons. The fraction of sp³-hybridized carbons (Fsp3) is 0.450. The maximum Gasteiger partial charge on any atom is 0.274 e. The van der Waals surface area contributed by atoms with Gasteiger partial charge in [0, 0.05) is 43.4 Å². The van der Waals surface area contributed by atoms with Gasteiger partial charge in [0.05, 0.1) is 18.1 Å². The number of amides is 1. The first-order chi connectivity index (χ1) is 14.2. The van der Waals surface area contributed by atoms with Crippen LogP contribution in [0.3, 0.4) is 0 Å². The van der Waals surface area contributed by atoms with Gasteiger partial charge in [-0.3, -0.25) is 19.5 Å². The van der Waals surface area contributed by atoms with Crippen LogP contribution in [-0.2, 0) is 19.4 Å². The number of aromatic nitrogens is 4. The lowest BCUT2D eigenvalue weighted by atomic mass is 9.97. The summed E-state index contributed by atoms with van der Waals surface area (Å²) in [5.41, 5.74) is 1.58. The molecule has 1 aliphatic carbocycles. The third-order valence-electron chi connectivity index (χ3n) is 5.69. The molecule has 1 fully saturated rings. The van der Waals surface area contributed by atoms with E-state index in [2.05, 4.69) is 19.9 Å². The molecule has 29 heavy (non-hydrogen) atoms. The van der Waals surface area contributed by atoms with Crippen molar-refractivity contribution >= 4 is 27.5 Å². The molecule has 5 rings (SSSR count). The molecule has 8 nitrogen and oxygen atoms in total. The summed E-state index contributed by atoms with van der Waals surface area (Å²) in [5.74, 6) is 0.615. The van der Waals surface area contributed by atoms with Crippen molar-refractivity contribution < 1.29 is 4.79 Å². The Morgan fingerprint density at radius 2 is 1.97 bits per heavy atom. The minimum Gasteiger partial charge on any atom is -0.335 e. The van der Waals surface area contributed by atoms with Gasteiger partial charge in [-0.1, -0.05) is 0 Å². The molecule has 3 aromatic rings. The quantitative estimate of drug-likeness (QED) is 0.705. The topological polar surface area (TPSA) is 95.1 Å². The Balaban J connectivity index is 1.28. The van der Waals surface area contributed by atoms with Crippen molar-refractivity contribution in [3.05, 3.63) is 50.9 Å². The fourth-order valence-electron chi connectivity index (χ4n) is 4.18. The molecule has 0 saturated carbocycles. The Morgan fingerprint density at radius 1 is 1.14 bits per heavy atom. The molecule has 0 spiro atoms. The number of fused-ring (bicyclic) bond motifs is 3. The number of piperazine rings is 1. The molecule has 9 heteroatoms. The van der Waals surface area contributed by atoms with Gasteiger partial charge in [-0.15, -0.1) is 11.3 Å². The average molecular weight is 411 g/mol. The molecular formula is C20H22N6O2S. The number of H-pyrrole nitrogens is 1. The van der Waals surface area contributed by atoms with Gasteiger partial charge < -0.3 is 9.88 Å². The lowest BCUT2D eigenvalue weighted by molar-refractivity contribution is 0.0619. The summed E-state index contributed by atoms with van der Waals surface area (Å²) >= 11 is 1.68. The van der Waals surface area contributed by atoms with Gasteiger partial charge in [0.25, 0.3) is 11.5 Å². The fourth-order valence-corrected chi connectivity index (χ4v) is 5.46. The molecule has 1 aliphatic heterocycles. The van der Waals surface area contributed by atoms with Crippen molar-refractivity contribution in [2.75, 3.05) is 26.2 Å².